The maximum Gasteiger partial charge on any atom is 0.317 e. The van der Waals surface area contributed by atoms with Gasteiger partial charge in [-0.15, -0.1) is 10.2 Å². The van der Waals surface area contributed by atoms with Crippen molar-refractivity contribution in [2.75, 3.05) is 42.9 Å². The molecule has 29 heavy (non-hydrogen) atoms. The van der Waals surface area contributed by atoms with Crippen LogP contribution in [0.4, 0.5) is 20.0 Å². The van der Waals surface area contributed by atoms with E-state index in [0.717, 1.165) is 17.1 Å². The van der Waals surface area contributed by atoms with E-state index in [2.05, 4.69) is 39.6 Å². The van der Waals surface area contributed by atoms with E-state index in [1.165, 1.54) is 23.5 Å². The minimum atomic E-state index is -0.337. The van der Waals surface area contributed by atoms with Gasteiger partial charge in [-0.05, 0) is 30.2 Å². The molecule has 2 heterocycles. The lowest BCUT2D eigenvalue weighted by Gasteiger charge is -2.36. The van der Waals surface area contributed by atoms with Crippen molar-refractivity contribution < 1.29 is 14.0 Å². The van der Waals surface area contributed by atoms with Crippen LogP contribution in [0, 0.1) is 11.7 Å². The second-order valence-corrected chi connectivity index (χ2v) is 8.32. The van der Waals surface area contributed by atoms with Gasteiger partial charge in [-0.1, -0.05) is 25.2 Å². The Morgan fingerprint density at radius 2 is 1.83 bits per heavy atom. The smallest absolute Gasteiger partial charge is 0.317 e. The van der Waals surface area contributed by atoms with Crippen molar-refractivity contribution in [3.63, 3.8) is 0 Å². The van der Waals surface area contributed by atoms with Crippen LogP contribution >= 0.6 is 11.3 Å². The number of aromatic nitrogens is 2. The maximum atomic E-state index is 13.0. The van der Waals surface area contributed by atoms with Gasteiger partial charge in [0, 0.05) is 38.3 Å². The molecule has 2 aromatic rings. The third-order valence-electron chi connectivity index (χ3n) is 4.45. The molecule has 156 valence electrons. The molecule has 10 heteroatoms. The molecule has 2 N–H and O–H groups in total. The van der Waals surface area contributed by atoms with Gasteiger partial charge in [0.05, 0.1) is 6.54 Å². The van der Waals surface area contributed by atoms with Crippen LogP contribution in [0.2, 0.25) is 0 Å². The van der Waals surface area contributed by atoms with Gasteiger partial charge >= 0.3 is 6.03 Å². The van der Waals surface area contributed by atoms with E-state index in [0.29, 0.717) is 37.2 Å². The van der Waals surface area contributed by atoms with Crippen molar-refractivity contribution in [1.82, 2.24) is 20.4 Å². The molecule has 1 aliphatic rings. The third-order valence-corrected chi connectivity index (χ3v) is 5.32. The van der Waals surface area contributed by atoms with Crippen LogP contribution in [0.3, 0.4) is 0 Å². The summed E-state index contributed by atoms with van der Waals surface area (Å²) in [6, 6.07) is 6.04. The lowest BCUT2D eigenvalue weighted by molar-refractivity contribution is -0.115. The van der Waals surface area contributed by atoms with Crippen LogP contribution in [0.1, 0.15) is 18.9 Å². The molecule has 3 amide bonds. The highest BCUT2D eigenvalue weighted by Gasteiger charge is 2.21. The molecule has 0 saturated carbocycles. The van der Waals surface area contributed by atoms with Crippen molar-refractivity contribution in [3.05, 3.63) is 35.1 Å². The van der Waals surface area contributed by atoms with Gasteiger partial charge in [0.2, 0.25) is 11.0 Å². The number of piperazine rings is 1. The van der Waals surface area contributed by atoms with E-state index in [1.807, 2.05) is 0 Å². The molecule has 1 saturated heterocycles. The summed E-state index contributed by atoms with van der Waals surface area (Å²) in [6.07, 6.45) is 0.814. The van der Waals surface area contributed by atoms with Gasteiger partial charge in [0.25, 0.3) is 0 Å². The second-order valence-electron chi connectivity index (χ2n) is 7.26. The van der Waals surface area contributed by atoms with Crippen molar-refractivity contribution in [1.29, 1.82) is 0 Å². The van der Waals surface area contributed by atoms with Gasteiger partial charge in [0.1, 0.15) is 10.8 Å². The molecule has 0 bridgehead atoms. The number of urea groups is 1. The monoisotopic (exact) mass is 420 g/mol. The highest BCUT2D eigenvalue weighted by atomic mass is 32.1. The highest BCUT2D eigenvalue weighted by Crippen LogP contribution is 2.18. The summed E-state index contributed by atoms with van der Waals surface area (Å²) in [7, 11) is 0. The lowest BCUT2D eigenvalue weighted by Crippen LogP contribution is -2.52. The number of hydrogen-bond acceptors (Lipinski definition) is 6. The fourth-order valence-electron chi connectivity index (χ4n) is 2.99. The molecule has 0 radical (unpaired) electrons. The Labute approximate surface area is 173 Å². The number of amides is 3. The Morgan fingerprint density at radius 1 is 1.14 bits per heavy atom. The van der Waals surface area contributed by atoms with E-state index in [1.54, 1.807) is 17.0 Å². The molecular weight excluding hydrogens is 395 g/mol. The van der Waals surface area contributed by atoms with Crippen LogP contribution < -0.4 is 15.5 Å². The van der Waals surface area contributed by atoms with Crippen molar-refractivity contribution in [3.8, 4) is 0 Å². The van der Waals surface area contributed by atoms with Crippen LogP contribution in [0.25, 0.3) is 0 Å². The van der Waals surface area contributed by atoms with E-state index >= 15 is 0 Å². The van der Waals surface area contributed by atoms with Crippen LogP contribution in [-0.2, 0) is 11.2 Å². The van der Waals surface area contributed by atoms with E-state index < -0.39 is 0 Å². The molecular formula is C19H25FN6O2S. The maximum absolute atomic E-state index is 13.0. The molecule has 1 aromatic heterocycles. The fourth-order valence-corrected chi connectivity index (χ4v) is 3.95. The number of hydrogen-bond donors (Lipinski definition) is 2. The summed E-state index contributed by atoms with van der Waals surface area (Å²) >= 11 is 1.34. The van der Waals surface area contributed by atoms with Crippen LogP contribution in [0.15, 0.2) is 24.3 Å². The Hall–Kier alpha value is -2.75. The first-order chi connectivity index (χ1) is 13.9. The SMILES string of the molecule is CC(C)Cc1nnc(NC(=O)CNC(=O)N2CCN(c3ccc(F)cc3)CC2)s1. The number of rotatable bonds is 6. The molecule has 0 unspecified atom stereocenters. The molecule has 3 rings (SSSR count). The van der Waals surface area contributed by atoms with Crippen molar-refractivity contribution in [2.24, 2.45) is 5.92 Å². The zero-order chi connectivity index (χ0) is 20.8. The predicted molar refractivity (Wildman–Crippen MR) is 111 cm³/mol. The topological polar surface area (TPSA) is 90.5 Å². The quantitative estimate of drug-likeness (QED) is 0.749. The number of carbonyl (C=O) groups is 2. The molecule has 8 nitrogen and oxygen atoms in total. The number of benzene rings is 1. The van der Waals surface area contributed by atoms with Gasteiger partial charge in [-0.25, -0.2) is 9.18 Å². The number of anilines is 2. The second kappa shape index (κ2) is 9.64. The lowest BCUT2D eigenvalue weighted by atomic mass is 10.1. The molecule has 1 aliphatic heterocycles. The summed E-state index contributed by atoms with van der Waals surface area (Å²) in [5.74, 6) is -0.139. The van der Waals surface area contributed by atoms with Gasteiger partial charge in [-0.3, -0.25) is 10.1 Å². The van der Waals surface area contributed by atoms with Crippen molar-refractivity contribution >= 4 is 34.1 Å². The van der Waals surface area contributed by atoms with Crippen LogP contribution in [-0.4, -0.2) is 59.8 Å². The first-order valence-corrected chi connectivity index (χ1v) is 10.4. The predicted octanol–water partition coefficient (Wildman–Crippen LogP) is 2.35. The summed E-state index contributed by atoms with van der Waals surface area (Å²) in [5, 5.41) is 14.6. The zero-order valence-electron chi connectivity index (χ0n) is 16.5. The van der Waals surface area contributed by atoms with Crippen LogP contribution in [0.5, 0.6) is 0 Å². The van der Waals surface area contributed by atoms with Gasteiger partial charge in [-0.2, -0.15) is 0 Å². The Balaban J connectivity index is 1.40. The molecule has 0 aliphatic carbocycles. The minimum absolute atomic E-state index is 0.129. The first kappa shape index (κ1) is 21.0. The third kappa shape index (κ3) is 6.11. The number of carbonyl (C=O) groups excluding carboxylic acids is 2. The number of halogens is 1. The molecule has 1 fully saturated rings. The van der Waals surface area contributed by atoms with E-state index in [4.69, 9.17) is 0 Å². The average Bonchev–Trinajstić information content (AvgIpc) is 3.12. The first-order valence-electron chi connectivity index (χ1n) is 9.56. The van der Waals surface area contributed by atoms with E-state index in [9.17, 15) is 14.0 Å². The largest absolute Gasteiger partial charge is 0.368 e. The van der Waals surface area contributed by atoms with Gasteiger partial charge in [0.15, 0.2) is 0 Å². The normalized spacial score (nSPS) is 14.2. The Morgan fingerprint density at radius 3 is 2.48 bits per heavy atom. The molecule has 0 spiro atoms. The van der Waals surface area contributed by atoms with Crippen molar-refractivity contribution in [2.45, 2.75) is 20.3 Å². The van der Waals surface area contributed by atoms with Gasteiger partial charge < -0.3 is 15.1 Å². The molecule has 1 aromatic carbocycles. The Kier molecular flexibility index (Phi) is 6.97. The summed E-state index contributed by atoms with van der Waals surface area (Å²) in [4.78, 5) is 28.1. The standard InChI is InChI=1S/C19H25FN6O2S/c1-13(2)11-17-23-24-18(29-17)22-16(27)12-21-19(28)26-9-7-25(8-10-26)15-5-3-14(20)4-6-15/h3-6,13H,7-12H2,1-2H3,(H,21,28)(H,22,24,27). The summed E-state index contributed by atoms with van der Waals surface area (Å²) in [5.41, 5.74) is 0.930. The fraction of sp³-hybridized carbons (Fsp3) is 0.474. The Bertz CT molecular complexity index is 833. The summed E-state index contributed by atoms with van der Waals surface area (Å²) < 4.78 is 13.0. The molecule has 0 atom stereocenters. The highest BCUT2D eigenvalue weighted by molar-refractivity contribution is 7.15. The minimum Gasteiger partial charge on any atom is -0.368 e. The zero-order valence-corrected chi connectivity index (χ0v) is 17.3. The number of nitrogens with one attached hydrogen (secondary N) is 2. The summed E-state index contributed by atoms with van der Waals surface area (Å²) in [6.45, 7) is 6.41. The van der Waals surface area contributed by atoms with E-state index in [-0.39, 0.29) is 24.3 Å². The average molecular weight is 421 g/mol. The number of nitrogens with zero attached hydrogens (tertiary/aromatic N) is 4.